The Labute approximate surface area is 192 Å². The van der Waals surface area contributed by atoms with Crippen LogP contribution in [0.4, 0.5) is 24.5 Å². The van der Waals surface area contributed by atoms with Crippen molar-refractivity contribution in [2.75, 3.05) is 23.9 Å². The SMILES string of the molecule is COc1ccc(F)c(F)c1-c1nccc(C(=O)Nc2cc(F)ccc2N2C[C@@H](N)C/C2=C\O)n1. The maximum absolute atomic E-state index is 14.5. The van der Waals surface area contributed by atoms with E-state index in [2.05, 4.69) is 15.3 Å². The van der Waals surface area contributed by atoms with Crippen molar-refractivity contribution < 1.29 is 27.8 Å². The van der Waals surface area contributed by atoms with Crippen LogP contribution >= 0.6 is 0 Å². The summed E-state index contributed by atoms with van der Waals surface area (Å²) in [7, 11) is 1.28. The first-order valence-electron chi connectivity index (χ1n) is 10.1. The van der Waals surface area contributed by atoms with Crippen LogP contribution in [0.1, 0.15) is 16.9 Å². The van der Waals surface area contributed by atoms with Crippen molar-refractivity contribution in [1.29, 1.82) is 0 Å². The molecule has 0 radical (unpaired) electrons. The van der Waals surface area contributed by atoms with E-state index in [4.69, 9.17) is 10.5 Å². The number of nitrogens with zero attached hydrogens (tertiary/aromatic N) is 3. The first-order chi connectivity index (χ1) is 16.3. The van der Waals surface area contributed by atoms with E-state index in [1.54, 1.807) is 4.90 Å². The van der Waals surface area contributed by atoms with E-state index in [1.165, 1.54) is 37.6 Å². The second-order valence-corrected chi connectivity index (χ2v) is 7.51. The number of aromatic nitrogens is 2. The summed E-state index contributed by atoms with van der Waals surface area (Å²) in [5, 5.41) is 12.1. The topological polar surface area (TPSA) is 114 Å². The van der Waals surface area contributed by atoms with Gasteiger partial charge in [-0.2, -0.15) is 0 Å². The number of ether oxygens (including phenoxy) is 1. The van der Waals surface area contributed by atoms with Crippen LogP contribution in [0.5, 0.6) is 5.75 Å². The van der Waals surface area contributed by atoms with Gasteiger partial charge in [0.1, 0.15) is 17.3 Å². The number of aliphatic hydroxyl groups is 1. The monoisotopic (exact) mass is 471 g/mol. The van der Waals surface area contributed by atoms with Crippen molar-refractivity contribution >= 4 is 17.3 Å². The van der Waals surface area contributed by atoms with E-state index in [1.807, 2.05) is 0 Å². The second-order valence-electron chi connectivity index (χ2n) is 7.51. The zero-order valence-electron chi connectivity index (χ0n) is 17.9. The van der Waals surface area contributed by atoms with Crippen LogP contribution in [0.15, 0.2) is 54.6 Å². The smallest absolute Gasteiger partial charge is 0.274 e. The average molecular weight is 471 g/mol. The maximum atomic E-state index is 14.5. The lowest BCUT2D eigenvalue weighted by atomic mass is 10.1. The number of carbonyl (C=O) groups excluding carboxylic acids is 1. The van der Waals surface area contributed by atoms with E-state index < -0.39 is 23.4 Å². The molecule has 1 atom stereocenters. The van der Waals surface area contributed by atoms with Crippen molar-refractivity contribution in [1.82, 2.24) is 9.97 Å². The van der Waals surface area contributed by atoms with E-state index in [-0.39, 0.29) is 34.6 Å². The number of methoxy groups -OCH3 is 1. The van der Waals surface area contributed by atoms with Gasteiger partial charge >= 0.3 is 0 Å². The molecule has 1 aliphatic rings. The molecule has 1 aromatic heterocycles. The number of aliphatic hydroxyl groups excluding tert-OH is 1. The molecule has 8 nitrogen and oxygen atoms in total. The van der Waals surface area contributed by atoms with Gasteiger partial charge in [0.2, 0.25) is 0 Å². The molecule has 1 amide bonds. The summed E-state index contributed by atoms with van der Waals surface area (Å²) in [5.41, 5.74) is 6.48. The zero-order valence-corrected chi connectivity index (χ0v) is 17.9. The minimum absolute atomic E-state index is 0.0161. The summed E-state index contributed by atoms with van der Waals surface area (Å²) < 4.78 is 47.4. The quantitative estimate of drug-likeness (QED) is 0.486. The van der Waals surface area contributed by atoms with Gasteiger partial charge in [-0.3, -0.25) is 4.79 Å². The van der Waals surface area contributed by atoms with Gasteiger partial charge < -0.3 is 25.8 Å². The number of anilines is 2. The minimum Gasteiger partial charge on any atom is -0.514 e. The number of nitrogens with two attached hydrogens (primary N) is 1. The summed E-state index contributed by atoms with van der Waals surface area (Å²) in [5.74, 6) is -3.99. The molecule has 0 saturated carbocycles. The summed E-state index contributed by atoms with van der Waals surface area (Å²) in [6.07, 6.45) is 2.52. The lowest BCUT2D eigenvalue weighted by Crippen LogP contribution is -2.27. The van der Waals surface area contributed by atoms with E-state index in [0.717, 1.165) is 18.4 Å². The first kappa shape index (κ1) is 23.1. The Bertz CT molecular complexity index is 1280. The molecule has 1 aliphatic heterocycles. The van der Waals surface area contributed by atoms with Gasteiger partial charge in [0.05, 0.1) is 36.0 Å². The highest BCUT2D eigenvalue weighted by atomic mass is 19.2. The van der Waals surface area contributed by atoms with Crippen molar-refractivity contribution in [2.45, 2.75) is 12.5 Å². The van der Waals surface area contributed by atoms with Crippen molar-refractivity contribution in [3.63, 3.8) is 0 Å². The molecule has 34 heavy (non-hydrogen) atoms. The molecule has 3 aromatic rings. The Balaban J connectivity index is 1.68. The van der Waals surface area contributed by atoms with Gasteiger partial charge in [0.15, 0.2) is 17.5 Å². The number of amides is 1. The van der Waals surface area contributed by atoms with Crippen LogP contribution in [0, 0.1) is 17.5 Å². The molecule has 4 rings (SSSR count). The van der Waals surface area contributed by atoms with Crippen LogP contribution in [0.2, 0.25) is 0 Å². The number of nitrogens with one attached hydrogen (secondary N) is 1. The number of rotatable bonds is 5. The van der Waals surface area contributed by atoms with Gasteiger partial charge in [0.25, 0.3) is 5.91 Å². The predicted octanol–water partition coefficient (Wildman–Crippen LogP) is 3.76. The summed E-state index contributed by atoms with van der Waals surface area (Å²) in [6.45, 7) is 0.344. The third-order valence-electron chi connectivity index (χ3n) is 5.27. The van der Waals surface area contributed by atoms with Gasteiger partial charge in [-0.15, -0.1) is 0 Å². The normalized spacial score (nSPS) is 16.7. The molecular weight excluding hydrogens is 451 g/mol. The van der Waals surface area contributed by atoms with E-state index in [9.17, 15) is 23.1 Å². The Morgan fingerprint density at radius 1 is 1.26 bits per heavy atom. The average Bonchev–Trinajstić information content (AvgIpc) is 3.21. The van der Waals surface area contributed by atoms with Crippen molar-refractivity contribution in [3.8, 4) is 17.1 Å². The summed E-state index contributed by atoms with van der Waals surface area (Å²) >= 11 is 0. The maximum Gasteiger partial charge on any atom is 0.274 e. The van der Waals surface area contributed by atoms with Gasteiger partial charge in [-0.25, -0.2) is 23.1 Å². The highest BCUT2D eigenvalue weighted by Gasteiger charge is 2.28. The largest absolute Gasteiger partial charge is 0.514 e. The number of carbonyl (C=O) groups is 1. The fourth-order valence-corrected chi connectivity index (χ4v) is 3.72. The minimum atomic E-state index is -1.22. The third-order valence-corrected chi connectivity index (χ3v) is 5.27. The first-order valence-corrected chi connectivity index (χ1v) is 10.1. The molecule has 0 bridgehead atoms. The number of halogens is 3. The second kappa shape index (κ2) is 9.40. The molecule has 0 spiro atoms. The van der Waals surface area contributed by atoms with Crippen LogP contribution in [0.25, 0.3) is 11.4 Å². The summed E-state index contributed by atoms with van der Waals surface area (Å²) in [6, 6.07) is 6.91. The lowest BCUT2D eigenvalue weighted by Gasteiger charge is -2.23. The predicted molar refractivity (Wildman–Crippen MR) is 119 cm³/mol. The molecular formula is C23H20F3N5O3. The highest BCUT2D eigenvalue weighted by Crippen LogP contribution is 2.35. The highest BCUT2D eigenvalue weighted by molar-refractivity contribution is 6.05. The molecule has 0 unspecified atom stereocenters. The zero-order chi connectivity index (χ0) is 24.4. The van der Waals surface area contributed by atoms with Gasteiger partial charge in [-0.1, -0.05) is 0 Å². The van der Waals surface area contributed by atoms with Crippen molar-refractivity contribution in [3.05, 3.63) is 77.7 Å². The Morgan fingerprint density at radius 3 is 2.79 bits per heavy atom. The Kier molecular flexibility index (Phi) is 6.37. The Morgan fingerprint density at radius 2 is 2.06 bits per heavy atom. The van der Waals surface area contributed by atoms with Crippen LogP contribution < -0.4 is 20.7 Å². The fraction of sp³-hybridized carbons (Fsp3) is 0.174. The van der Waals surface area contributed by atoms with Crippen LogP contribution in [-0.4, -0.2) is 40.7 Å². The van der Waals surface area contributed by atoms with Crippen LogP contribution in [0.3, 0.4) is 0 Å². The van der Waals surface area contributed by atoms with E-state index in [0.29, 0.717) is 24.4 Å². The molecule has 0 aliphatic carbocycles. The Hall–Kier alpha value is -4.12. The molecule has 1 saturated heterocycles. The molecule has 11 heteroatoms. The standard InChI is InChI=1S/C23H20F3N5O3/c1-34-19-5-3-15(25)21(26)20(19)22-28-7-6-16(29-22)23(33)30-17-8-12(24)2-4-18(17)31-10-13(27)9-14(31)11-32/h2-8,11,13,32H,9-10,27H2,1H3,(H,30,33)/b14-11+/t13-/m0/s1. The van der Waals surface area contributed by atoms with Crippen LogP contribution in [-0.2, 0) is 0 Å². The number of hydrogen-bond donors (Lipinski definition) is 3. The number of benzene rings is 2. The molecule has 176 valence electrons. The lowest BCUT2D eigenvalue weighted by molar-refractivity contribution is 0.102. The number of hydrogen-bond acceptors (Lipinski definition) is 7. The molecule has 2 aromatic carbocycles. The summed E-state index contributed by atoms with van der Waals surface area (Å²) in [4.78, 5) is 22.6. The molecule has 4 N–H and O–H groups in total. The molecule has 1 fully saturated rings. The van der Waals surface area contributed by atoms with E-state index >= 15 is 0 Å². The fourth-order valence-electron chi connectivity index (χ4n) is 3.72. The van der Waals surface area contributed by atoms with Gasteiger partial charge in [-0.05, 0) is 36.4 Å². The van der Waals surface area contributed by atoms with Gasteiger partial charge in [0, 0.05) is 25.2 Å². The van der Waals surface area contributed by atoms with Crippen molar-refractivity contribution in [2.24, 2.45) is 5.73 Å². The molecule has 2 heterocycles. The third kappa shape index (κ3) is 4.37.